The highest BCUT2D eigenvalue weighted by Crippen LogP contribution is 2.30. The van der Waals surface area contributed by atoms with Gasteiger partial charge in [0.1, 0.15) is 22.9 Å². The number of primary amides is 1. The molecular formula is C19H25N7O3. The van der Waals surface area contributed by atoms with Gasteiger partial charge in [0.25, 0.3) is 5.91 Å². The fraction of sp³-hybridized carbons (Fsp3) is 0.316. The predicted molar refractivity (Wildman–Crippen MR) is 111 cm³/mol. The molecule has 0 fully saturated rings. The van der Waals surface area contributed by atoms with Crippen LogP contribution in [0.5, 0.6) is 11.5 Å². The van der Waals surface area contributed by atoms with Gasteiger partial charge in [-0.05, 0) is 14.0 Å². The third-order valence-electron chi connectivity index (χ3n) is 4.26. The van der Waals surface area contributed by atoms with Crippen molar-refractivity contribution in [3.8, 4) is 11.5 Å². The molecule has 3 aromatic rings. The standard InChI is InChI=1S/C19H25N7O3/c1-11-7-15(22-6-5-21-2)26-19(23-11)16(17(20)27)18(25-26)24-12-8-13(28-3)10-14(9-12)29-4/h7-10,21-22H,5-6H2,1-4H3,(H2,20,27)(H,24,25). The second-order valence-corrected chi connectivity index (χ2v) is 6.36. The normalized spacial score (nSPS) is 10.8. The van der Waals surface area contributed by atoms with Crippen molar-refractivity contribution in [3.05, 3.63) is 35.5 Å². The number of nitrogens with one attached hydrogen (secondary N) is 3. The van der Waals surface area contributed by atoms with E-state index in [1.165, 1.54) is 0 Å². The Morgan fingerprint density at radius 3 is 2.41 bits per heavy atom. The van der Waals surface area contributed by atoms with Gasteiger partial charge in [-0.15, -0.1) is 5.10 Å². The molecule has 2 heterocycles. The maximum atomic E-state index is 12.2. The highest BCUT2D eigenvalue weighted by Gasteiger charge is 2.21. The number of nitrogens with zero attached hydrogens (tertiary/aromatic N) is 3. The molecule has 5 N–H and O–H groups in total. The van der Waals surface area contributed by atoms with Crippen LogP contribution in [0.25, 0.3) is 5.65 Å². The molecule has 0 saturated carbocycles. The zero-order valence-corrected chi connectivity index (χ0v) is 16.9. The first-order valence-electron chi connectivity index (χ1n) is 9.05. The minimum atomic E-state index is -0.628. The van der Waals surface area contributed by atoms with Crippen molar-refractivity contribution in [2.75, 3.05) is 45.0 Å². The van der Waals surface area contributed by atoms with Gasteiger partial charge >= 0.3 is 0 Å². The van der Waals surface area contributed by atoms with Crippen LogP contribution in [-0.4, -0.2) is 54.9 Å². The molecule has 0 radical (unpaired) electrons. The number of hydrogen-bond donors (Lipinski definition) is 4. The Balaban J connectivity index is 2.09. The molecule has 1 aromatic carbocycles. The third-order valence-corrected chi connectivity index (χ3v) is 4.26. The predicted octanol–water partition coefficient (Wildman–Crippen LogP) is 1.53. The van der Waals surface area contributed by atoms with Crippen molar-refractivity contribution < 1.29 is 14.3 Å². The summed E-state index contributed by atoms with van der Waals surface area (Å²) in [5.41, 5.74) is 7.61. The Kier molecular flexibility index (Phi) is 6.03. The van der Waals surface area contributed by atoms with Gasteiger partial charge in [-0.25, -0.2) is 4.98 Å². The molecule has 0 aliphatic heterocycles. The smallest absolute Gasteiger partial charge is 0.256 e. The summed E-state index contributed by atoms with van der Waals surface area (Å²) in [6, 6.07) is 7.14. The summed E-state index contributed by atoms with van der Waals surface area (Å²) in [6.45, 7) is 3.29. The number of aryl methyl sites for hydroxylation is 1. The van der Waals surface area contributed by atoms with Crippen molar-refractivity contribution in [2.45, 2.75) is 6.92 Å². The lowest BCUT2D eigenvalue weighted by Gasteiger charge is -2.09. The van der Waals surface area contributed by atoms with Crippen LogP contribution < -0.4 is 31.2 Å². The number of carbonyl (C=O) groups is 1. The van der Waals surface area contributed by atoms with E-state index in [4.69, 9.17) is 15.2 Å². The van der Waals surface area contributed by atoms with Crippen molar-refractivity contribution >= 4 is 28.9 Å². The second kappa shape index (κ2) is 8.65. The fourth-order valence-electron chi connectivity index (χ4n) is 2.91. The Morgan fingerprint density at radius 1 is 1.14 bits per heavy atom. The number of benzene rings is 1. The van der Waals surface area contributed by atoms with Crippen molar-refractivity contribution in [1.29, 1.82) is 0 Å². The monoisotopic (exact) mass is 399 g/mol. The first-order chi connectivity index (χ1) is 14.0. The molecule has 2 aromatic heterocycles. The molecule has 0 atom stereocenters. The molecule has 154 valence electrons. The summed E-state index contributed by atoms with van der Waals surface area (Å²) >= 11 is 0. The SMILES string of the molecule is CNCCNc1cc(C)nc2c(C(N)=O)c(Nc3cc(OC)cc(OC)c3)nn12. The lowest BCUT2D eigenvalue weighted by molar-refractivity contribution is 0.100. The van der Waals surface area contributed by atoms with Gasteiger partial charge in [0.15, 0.2) is 11.5 Å². The lowest BCUT2D eigenvalue weighted by Crippen LogP contribution is -2.19. The van der Waals surface area contributed by atoms with E-state index in [9.17, 15) is 4.79 Å². The largest absolute Gasteiger partial charge is 0.497 e. The van der Waals surface area contributed by atoms with Crippen LogP contribution in [0.3, 0.4) is 0 Å². The van der Waals surface area contributed by atoms with Crippen LogP contribution >= 0.6 is 0 Å². The van der Waals surface area contributed by atoms with Gasteiger partial charge in [-0.3, -0.25) is 4.79 Å². The highest BCUT2D eigenvalue weighted by atomic mass is 16.5. The van der Waals surface area contributed by atoms with Crippen molar-refractivity contribution in [2.24, 2.45) is 5.73 Å². The Morgan fingerprint density at radius 2 is 1.83 bits per heavy atom. The van der Waals surface area contributed by atoms with Crippen LogP contribution in [0.2, 0.25) is 0 Å². The number of carbonyl (C=O) groups excluding carboxylic acids is 1. The van der Waals surface area contributed by atoms with Gasteiger partial charge < -0.3 is 31.2 Å². The molecule has 3 rings (SSSR count). The highest BCUT2D eigenvalue weighted by molar-refractivity contribution is 6.04. The summed E-state index contributed by atoms with van der Waals surface area (Å²) in [4.78, 5) is 16.7. The van der Waals surface area contributed by atoms with Gasteiger partial charge in [-0.2, -0.15) is 4.52 Å². The Bertz CT molecular complexity index is 1010. The van der Waals surface area contributed by atoms with E-state index < -0.39 is 5.91 Å². The number of amides is 1. The zero-order valence-electron chi connectivity index (χ0n) is 16.9. The van der Waals surface area contributed by atoms with E-state index in [0.29, 0.717) is 41.0 Å². The molecule has 0 spiro atoms. The number of nitrogens with two attached hydrogens (primary N) is 1. The van der Waals surface area contributed by atoms with E-state index in [0.717, 1.165) is 12.2 Å². The third kappa shape index (κ3) is 4.32. The fourth-order valence-corrected chi connectivity index (χ4v) is 2.91. The number of rotatable bonds is 9. The maximum Gasteiger partial charge on any atom is 0.256 e. The number of fused-ring (bicyclic) bond motifs is 1. The van der Waals surface area contributed by atoms with E-state index in [-0.39, 0.29) is 5.56 Å². The Hall–Kier alpha value is -3.53. The first kappa shape index (κ1) is 20.2. The first-order valence-corrected chi connectivity index (χ1v) is 9.05. The summed E-state index contributed by atoms with van der Waals surface area (Å²) in [7, 11) is 5.00. The molecular weight excluding hydrogens is 374 g/mol. The van der Waals surface area contributed by atoms with E-state index in [1.54, 1.807) is 36.9 Å². The van der Waals surface area contributed by atoms with Crippen LogP contribution in [0.4, 0.5) is 17.3 Å². The zero-order chi connectivity index (χ0) is 21.0. The number of aromatic nitrogens is 3. The average molecular weight is 399 g/mol. The topological polar surface area (TPSA) is 128 Å². The molecule has 10 nitrogen and oxygen atoms in total. The minimum Gasteiger partial charge on any atom is -0.497 e. The molecule has 0 unspecified atom stereocenters. The maximum absolute atomic E-state index is 12.2. The van der Waals surface area contributed by atoms with E-state index in [2.05, 4.69) is 26.0 Å². The number of ether oxygens (including phenoxy) is 2. The number of anilines is 3. The molecule has 10 heteroatoms. The van der Waals surface area contributed by atoms with Crippen molar-refractivity contribution in [1.82, 2.24) is 19.9 Å². The Labute approximate surface area is 168 Å². The molecule has 0 aliphatic carbocycles. The second-order valence-electron chi connectivity index (χ2n) is 6.36. The van der Waals surface area contributed by atoms with Gasteiger partial charge in [0.05, 0.1) is 14.2 Å². The van der Waals surface area contributed by atoms with Crippen molar-refractivity contribution in [3.63, 3.8) is 0 Å². The minimum absolute atomic E-state index is 0.201. The number of hydrogen-bond acceptors (Lipinski definition) is 8. The van der Waals surface area contributed by atoms with Gasteiger partial charge in [0, 0.05) is 48.7 Å². The lowest BCUT2D eigenvalue weighted by atomic mass is 10.2. The molecule has 0 saturated heterocycles. The van der Waals surface area contributed by atoms with E-state index >= 15 is 0 Å². The summed E-state index contributed by atoms with van der Waals surface area (Å²) < 4.78 is 12.2. The summed E-state index contributed by atoms with van der Waals surface area (Å²) in [5.74, 6) is 1.57. The van der Waals surface area contributed by atoms with Crippen LogP contribution in [0.15, 0.2) is 24.3 Å². The molecule has 1 amide bonds. The van der Waals surface area contributed by atoms with Crippen LogP contribution in [0, 0.1) is 6.92 Å². The molecule has 0 aliphatic rings. The summed E-state index contributed by atoms with van der Waals surface area (Å²) in [6.07, 6.45) is 0. The van der Waals surface area contributed by atoms with Gasteiger partial charge in [-0.1, -0.05) is 0 Å². The molecule has 29 heavy (non-hydrogen) atoms. The number of methoxy groups -OCH3 is 2. The quantitative estimate of drug-likeness (QED) is 0.399. The van der Waals surface area contributed by atoms with Crippen LogP contribution in [0.1, 0.15) is 16.1 Å². The average Bonchev–Trinajstić information content (AvgIpc) is 3.05. The summed E-state index contributed by atoms with van der Waals surface area (Å²) in [5, 5.41) is 14.0. The number of likely N-dealkylation sites (N-methyl/N-ethyl adjacent to an activating group) is 1. The van der Waals surface area contributed by atoms with Gasteiger partial charge in [0.2, 0.25) is 0 Å². The van der Waals surface area contributed by atoms with Crippen LogP contribution in [-0.2, 0) is 0 Å². The molecule has 0 bridgehead atoms. The van der Waals surface area contributed by atoms with E-state index in [1.807, 2.05) is 20.0 Å².